The number of benzene rings is 1. The van der Waals surface area contributed by atoms with Crippen LogP contribution >= 0.6 is 28.1 Å². The van der Waals surface area contributed by atoms with E-state index in [1.165, 1.54) is 0 Å². The number of hydrogen-bond donors (Lipinski definition) is 2. The molecule has 1 aromatic carbocycles. The van der Waals surface area contributed by atoms with E-state index in [4.69, 9.17) is 18.0 Å². The molecule has 18 heavy (non-hydrogen) atoms. The number of thiocarbonyl (C=S) groups is 1. The lowest BCUT2D eigenvalue weighted by atomic mass is 10.1. The van der Waals surface area contributed by atoms with Crippen LogP contribution < -0.4 is 11.1 Å². The second-order valence-electron chi connectivity index (χ2n) is 4.16. The van der Waals surface area contributed by atoms with Crippen LogP contribution in [0.15, 0.2) is 22.7 Å². The largest absolute Gasteiger partial charge is 0.393 e. The van der Waals surface area contributed by atoms with E-state index in [9.17, 15) is 4.79 Å². The summed E-state index contributed by atoms with van der Waals surface area (Å²) in [5, 5.41) is 2.88. The summed E-state index contributed by atoms with van der Waals surface area (Å²) in [6.07, 6.45) is 2.52. The monoisotopic (exact) mass is 328 g/mol. The highest BCUT2D eigenvalue weighted by atomic mass is 79.9. The molecule has 0 spiro atoms. The molecule has 3 N–H and O–H groups in total. The molecule has 98 valence electrons. The number of carbonyl (C=O) groups excluding carboxylic acids is 1. The van der Waals surface area contributed by atoms with E-state index in [2.05, 4.69) is 21.2 Å². The zero-order chi connectivity index (χ0) is 13.5. The van der Waals surface area contributed by atoms with Crippen molar-refractivity contribution in [1.82, 2.24) is 5.32 Å². The van der Waals surface area contributed by atoms with Crippen molar-refractivity contribution in [2.24, 2.45) is 5.73 Å². The van der Waals surface area contributed by atoms with Gasteiger partial charge in [-0.3, -0.25) is 4.79 Å². The summed E-state index contributed by atoms with van der Waals surface area (Å²) in [5.41, 5.74) is 7.18. The Balaban J connectivity index is 2.39. The topological polar surface area (TPSA) is 55.1 Å². The predicted molar refractivity (Wildman–Crippen MR) is 81.8 cm³/mol. The number of carbonyl (C=O) groups is 1. The van der Waals surface area contributed by atoms with Crippen LogP contribution in [0.2, 0.25) is 0 Å². The summed E-state index contributed by atoms with van der Waals surface area (Å²) in [5.74, 6) is -0.0581. The molecule has 0 saturated carbocycles. The SMILES string of the molecule is Cc1ccc(C(=O)NCCCCC(N)=S)c(Br)c1. The number of unbranched alkanes of at least 4 members (excludes halogenated alkanes) is 1. The van der Waals surface area contributed by atoms with Gasteiger partial charge in [-0.1, -0.05) is 18.3 Å². The molecule has 0 aliphatic heterocycles. The summed E-state index contributed by atoms with van der Waals surface area (Å²) < 4.78 is 0.822. The third-order valence-corrected chi connectivity index (χ3v) is 3.36. The number of amides is 1. The van der Waals surface area contributed by atoms with E-state index < -0.39 is 0 Å². The second kappa shape index (κ2) is 7.48. The Morgan fingerprint density at radius 3 is 2.78 bits per heavy atom. The maximum absolute atomic E-state index is 11.9. The van der Waals surface area contributed by atoms with Gasteiger partial charge in [-0.15, -0.1) is 0 Å². The molecule has 0 aromatic heterocycles. The molecule has 0 aliphatic rings. The molecule has 1 rings (SSSR count). The minimum Gasteiger partial charge on any atom is -0.393 e. The Kier molecular flexibility index (Phi) is 6.29. The number of halogens is 1. The van der Waals surface area contributed by atoms with Crippen LogP contribution in [0.4, 0.5) is 0 Å². The van der Waals surface area contributed by atoms with Crippen LogP contribution in [0, 0.1) is 6.92 Å². The van der Waals surface area contributed by atoms with E-state index in [0.717, 1.165) is 29.3 Å². The Morgan fingerprint density at radius 2 is 2.17 bits per heavy atom. The third kappa shape index (κ3) is 5.14. The molecule has 0 unspecified atom stereocenters. The minimum atomic E-state index is -0.0581. The zero-order valence-electron chi connectivity index (χ0n) is 10.3. The summed E-state index contributed by atoms with van der Waals surface area (Å²) >= 11 is 8.18. The first-order valence-electron chi connectivity index (χ1n) is 5.83. The zero-order valence-corrected chi connectivity index (χ0v) is 12.7. The predicted octanol–water partition coefficient (Wildman–Crippen LogP) is 2.94. The highest BCUT2D eigenvalue weighted by Crippen LogP contribution is 2.18. The van der Waals surface area contributed by atoms with Crippen molar-refractivity contribution in [3.8, 4) is 0 Å². The maximum atomic E-state index is 11.9. The first kappa shape index (κ1) is 15.1. The van der Waals surface area contributed by atoms with Crippen molar-refractivity contribution in [2.45, 2.75) is 26.2 Å². The summed E-state index contributed by atoms with van der Waals surface area (Å²) in [4.78, 5) is 12.4. The molecule has 1 amide bonds. The molecule has 5 heteroatoms. The van der Waals surface area contributed by atoms with E-state index in [0.29, 0.717) is 17.1 Å². The number of nitrogens with two attached hydrogens (primary N) is 1. The van der Waals surface area contributed by atoms with Gasteiger partial charge in [0.2, 0.25) is 0 Å². The van der Waals surface area contributed by atoms with Gasteiger partial charge in [0.1, 0.15) is 0 Å². The van der Waals surface area contributed by atoms with Crippen LogP contribution in [-0.2, 0) is 0 Å². The average molecular weight is 329 g/mol. The van der Waals surface area contributed by atoms with Gasteiger partial charge in [-0.2, -0.15) is 0 Å². The van der Waals surface area contributed by atoms with E-state index in [1.807, 2.05) is 25.1 Å². The van der Waals surface area contributed by atoms with Crippen molar-refractivity contribution in [1.29, 1.82) is 0 Å². The van der Waals surface area contributed by atoms with Crippen molar-refractivity contribution in [2.75, 3.05) is 6.54 Å². The van der Waals surface area contributed by atoms with Gasteiger partial charge in [0.25, 0.3) is 5.91 Å². The summed E-state index contributed by atoms with van der Waals surface area (Å²) in [7, 11) is 0. The van der Waals surface area contributed by atoms with Crippen LogP contribution in [0.25, 0.3) is 0 Å². The van der Waals surface area contributed by atoms with Crippen molar-refractivity contribution < 1.29 is 4.79 Å². The van der Waals surface area contributed by atoms with Gasteiger partial charge in [0, 0.05) is 11.0 Å². The lowest BCUT2D eigenvalue weighted by Crippen LogP contribution is -2.25. The van der Waals surface area contributed by atoms with E-state index in [-0.39, 0.29) is 5.91 Å². The Hall–Kier alpha value is -0.940. The lowest BCUT2D eigenvalue weighted by Gasteiger charge is -2.07. The second-order valence-corrected chi connectivity index (χ2v) is 5.54. The molecule has 0 bridgehead atoms. The molecule has 3 nitrogen and oxygen atoms in total. The Morgan fingerprint density at radius 1 is 1.44 bits per heavy atom. The van der Waals surface area contributed by atoms with E-state index in [1.54, 1.807) is 0 Å². The Bertz CT molecular complexity index is 449. The normalized spacial score (nSPS) is 10.1. The van der Waals surface area contributed by atoms with Gasteiger partial charge < -0.3 is 11.1 Å². The summed E-state index contributed by atoms with van der Waals surface area (Å²) in [6.45, 7) is 2.63. The molecule has 0 fully saturated rings. The van der Waals surface area contributed by atoms with Crippen molar-refractivity contribution in [3.63, 3.8) is 0 Å². The molecular formula is C13H17BrN2OS. The smallest absolute Gasteiger partial charge is 0.252 e. The molecule has 0 radical (unpaired) electrons. The molecule has 1 aromatic rings. The molecule has 0 heterocycles. The van der Waals surface area contributed by atoms with Crippen molar-refractivity contribution in [3.05, 3.63) is 33.8 Å². The Labute approximate surface area is 121 Å². The van der Waals surface area contributed by atoms with Crippen LogP contribution in [0.5, 0.6) is 0 Å². The number of nitrogens with one attached hydrogen (secondary N) is 1. The highest BCUT2D eigenvalue weighted by molar-refractivity contribution is 9.10. The van der Waals surface area contributed by atoms with E-state index >= 15 is 0 Å². The van der Waals surface area contributed by atoms with Crippen LogP contribution in [0.1, 0.15) is 35.2 Å². The third-order valence-electron chi connectivity index (χ3n) is 2.50. The van der Waals surface area contributed by atoms with Crippen molar-refractivity contribution >= 4 is 39.0 Å². The van der Waals surface area contributed by atoms with Gasteiger partial charge in [0.05, 0.1) is 10.6 Å². The number of aryl methyl sites for hydroxylation is 1. The summed E-state index contributed by atoms with van der Waals surface area (Å²) in [6, 6.07) is 5.68. The highest BCUT2D eigenvalue weighted by Gasteiger charge is 2.08. The molecular weight excluding hydrogens is 312 g/mol. The van der Waals surface area contributed by atoms with Crippen LogP contribution in [0.3, 0.4) is 0 Å². The molecule has 0 saturated heterocycles. The minimum absolute atomic E-state index is 0.0581. The number of hydrogen-bond acceptors (Lipinski definition) is 2. The molecule has 0 aliphatic carbocycles. The first-order valence-corrected chi connectivity index (χ1v) is 7.03. The van der Waals surface area contributed by atoms with Gasteiger partial charge in [-0.05, 0) is 59.8 Å². The molecule has 0 atom stereocenters. The number of rotatable bonds is 6. The maximum Gasteiger partial charge on any atom is 0.252 e. The standard InChI is InChI=1S/C13H17BrN2OS/c1-9-5-6-10(11(14)8-9)13(17)16-7-3-2-4-12(15)18/h5-6,8H,2-4,7H2,1H3,(H2,15,18)(H,16,17). The van der Waals surface area contributed by atoms with Gasteiger partial charge in [-0.25, -0.2) is 0 Å². The van der Waals surface area contributed by atoms with Crippen LogP contribution in [-0.4, -0.2) is 17.4 Å². The first-order chi connectivity index (χ1) is 8.50. The fourth-order valence-electron chi connectivity index (χ4n) is 1.53. The van der Waals surface area contributed by atoms with Gasteiger partial charge in [0.15, 0.2) is 0 Å². The van der Waals surface area contributed by atoms with Gasteiger partial charge >= 0.3 is 0 Å². The average Bonchev–Trinajstić information content (AvgIpc) is 2.27. The quantitative estimate of drug-likeness (QED) is 0.623. The fourth-order valence-corrected chi connectivity index (χ4v) is 2.34. The lowest BCUT2D eigenvalue weighted by molar-refractivity contribution is 0.0952. The fraction of sp³-hybridized carbons (Fsp3) is 0.385.